The molecular weight excluding hydrogens is 250 g/mol. The summed E-state index contributed by atoms with van der Waals surface area (Å²) in [7, 11) is 0. The lowest BCUT2D eigenvalue weighted by atomic mass is 10.0. The third-order valence-electron chi connectivity index (χ3n) is 2.97. The van der Waals surface area contributed by atoms with Crippen LogP contribution in [0.5, 0.6) is 0 Å². The van der Waals surface area contributed by atoms with Gasteiger partial charge in [-0.05, 0) is 25.0 Å². The van der Waals surface area contributed by atoms with Crippen LogP contribution in [0.25, 0.3) is 0 Å². The molecule has 0 radical (unpaired) electrons. The number of carbonyl (C=O) groups is 1. The van der Waals surface area contributed by atoms with Crippen molar-refractivity contribution in [3.8, 4) is 0 Å². The topological polar surface area (TPSA) is 49.3 Å². The number of aliphatic carboxylic acids is 1. The van der Waals surface area contributed by atoms with Crippen molar-refractivity contribution in [1.29, 1.82) is 0 Å². The highest BCUT2D eigenvalue weighted by Crippen LogP contribution is 2.23. The van der Waals surface area contributed by atoms with Crippen molar-refractivity contribution in [2.24, 2.45) is 0 Å². The Hall–Kier alpha value is -1.06. The molecule has 0 saturated carbocycles. The molecule has 4 heteroatoms. The number of nitrogens with one attached hydrogen (secondary N) is 1. The maximum atomic E-state index is 11.2. The molecule has 18 heavy (non-hydrogen) atoms. The zero-order valence-electron chi connectivity index (χ0n) is 10.8. The van der Waals surface area contributed by atoms with Crippen LogP contribution in [0.15, 0.2) is 24.3 Å². The van der Waals surface area contributed by atoms with Gasteiger partial charge in [0.25, 0.3) is 0 Å². The summed E-state index contributed by atoms with van der Waals surface area (Å²) in [5, 5.41) is 13.0. The SMILES string of the molecule is CCCCC(N[C@@H](C)c1ccccc1Cl)C(=O)O. The Bertz CT molecular complexity index is 395. The minimum Gasteiger partial charge on any atom is -0.480 e. The number of carboxylic acid groups (broad SMARTS) is 1. The zero-order chi connectivity index (χ0) is 13.5. The molecule has 0 spiro atoms. The molecule has 1 unspecified atom stereocenters. The molecule has 0 fully saturated rings. The van der Waals surface area contributed by atoms with Gasteiger partial charge in [-0.3, -0.25) is 10.1 Å². The fourth-order valence-corrected chi connectivity index (χ4v) is 2.20. The minimum atomic E-state index is -0.803. The molecule has 0 amide bonds. The molecule has 1 aromatic carbocycles. The first kappa shape index (κ1) is 15.0. The standard InChI is InChI=1S/C14H20ClNO2/c1-3-4-9-13(14(17)18)16-10(2)11-7-5-6-8-12(11)15/h5-8,10,13,16H,3-4,9H2,1-2H3,(H,17,18)/t10-,13?/m0/s1. The molecule has 2 atom stereocenters. The molecule has 2 N–H and O–H groups in total. The largest absolute Gasteiger partial charge is 0.480 e. The van der Waals surface area contributed by atoms with Gasteiger partial charge in [0.05, 0.1) is 0 Å². The van der Waals surface area contributed by atoms with Crippen LogP contribution >= 0.6 is 11.6 Å². The van der Waals surface area contributed by atoms with Gasteiger partial charge >= 0.3 is 5.97 Å². The Kier molecular flexibility index (Phi) is 6.16. The average molecular weight is 270 g/mol. The van der Waals surface area contributed by atoms with Gasteiger partial charge in [0.2, 0.25) is 0 Å². The van der Waals surface area contributed by atoms with Crippen LogP contribution in [0.4, 0.5) is 0 Å². The lowest BCUT2D eigenvalue weighted by molar-refractivity contribution is -0.139. The van der Waals surface area contributed by atoms with E-state index in [2.05, 4.69) is 12.2 Å². The Labute approximate surface area is 113 Å². The van der Waals surface area contributed by atoms with E-state index in [-0.39, 0.29) is 6.04 Å². The van der Waals surface area contributed by atoms with Crippen molar-refractivity contribution < 1.29 is 9.90 Å². The van der Waals surface area contributed by atoms with Gasteiger partial charge in [-0.15, -0.1) is 0 Å². The molecule has 0 aliphatic rings. The Morgan fingerprint density at radius 1 is 1.44 bits per heavy atom. The monoisotopic (exact) mass is 269 g/mol. The lowest BCUT2D eigenvalue weighted by Gasteiger charge is -2.21. The Morgan fingerprint density at radius 3 is 2.67 bits per heavy atom. The molecule has 0 aliphatic heterocycles. The summed E-state index contributed by atoms with van der Waals surface area (Å²) < 4.78 is 0. The van der Waals surface area contributed by atoms with Gasteiger partial charge in [0.1, 0.15) is 6.04 Å². The van der Waals surface area contributed by atoms with Crippen LogP contribution in [0, 0.1) is 0 Å². The Morgan fingerprint density at radius 2 is 2.11 bits per heavy atom. The summed E-state index contributed by atoms with van der Waals surface area (Å²) >= 11 is 6.10. The van der Waals surface area contributed by atoms with Crippen LogP contribution in [-0.2, 0) is 4.79 Å². The van der Waals surface area contributed by atoms with Crippen molar-refractivity contribution in [3.05, 3.63) is 34.9 Å². The number of unbranched alkanes of at least 4 members (excludes halogenated alkanes) is 1. The highest BCUT2D eigenvalue weighted by atomic mass is 35.5. The third kappa shape index (κ3) is 4.31. The smallest absolute Gasteiger partial charge is 0.320 e. The number of carboxylic acids is 1. The first-order valence-electron chi connectivity index (χ1n) is 6.29. The second kappa shape index (κ2) is 7.39. The minimum absolute atomic E-state index is 0.0725. The maximum Gasteiger partial charge on any atom is 0.320 e. The van der Waals surface area contributed by atoms with Gasteiger partial charge < -0.3 is 5.11 Å². The van der Waals surface area contributed by atoms with E-state index in [1.807, 2.05) is 31.2 Å². The first-order valence-corrected chi connectivity index (χ1v) is 6.67. The van der Waals surface area contributed by atoms with E-state index in [9.17, 15) is 4.79 Å². The van der Waals surface area contributed by atoms with Crippen molar-refractivity contribution >= 4 is 17.6 Å². The first-order chi connectivity index (χ1) is 8.56. The van der Waals surface area contributed by atoms with Crippen molar-refractivity contribution in [1.82, 2.24) is 5.32 Å². The summed E-state index contributed by atoms with van der Waals surface area (Å²) in [5.41, 5.74) is 0.932. The molecule has 0 bridgehead atoms. The second-order valence-electron chi connectivity index (χ2n) is 4.44. The van der Waals surface area contributed by atoms with Crippen molar-refractivity contribution in [3.63, 3.8) is 0 Å². The fourth-order valence-electron chi connectivity index (χ4n) is 1.90. The molecule has 1 aromatic rings. The van der Waals surface area contributed by atoms with Crippen molar-refractivity contribution in [2.45, 2.75) is 45.2 Å². The van der Waals surface area contributed by atoms with Gasteiger partial charge in [-0.1, -0.05) is 49.6 Å². The number of benzene rings is 1. The van der Waals surface area contributed by atoms with E-state index in [4.69, 9.17) is 16.7 Å². The van der Waals surface area contributed by atoms with Crippen molar-refractivity contribution in [2.75, 3.05) is 0 Å². The van der Waals surface area contributed by atoms with Crippen LogP contribution < -0.4 is 5.32 Å². The second-order valence-corrected chi connectivity index (χ2v) is 4.85. The molecule has 0 aromatic heterocycles. The summed E-state index contributed by atoms with van der Waals surface area (Å²) in [4.78, 5) is 11.2. The number of halogens is 1. The number of hydrogen-bond donors (Lipinski definition) is 2. The summed E-state index contributed by atoms with van der Waals surface area (Å²) in [6, 6.07) is 6.91. The van der Waals surface area contributed by atoms with E-state index < -0.39 is 12.0 Å². The molecule has 0 saturated heterocycles. The summed E-state index contributed by atoms with van der Waals surface area (Å²) in [6.45, 7) is 3.99. The Balaban J connectivity index is 2.69. The fraction of sp³-hybridized carbons (Fsp3) is 0.500. The van der Waals surface area contributed by atoms with E-state index >= 15 is 0 Å². The van der Waals surface area contributed by atoms with Gasteiger partial charge in [0, 0.05) is 11.1 Å². The van der Waals surface area contributed by atoms with E-state index in [1.165, 1.54) is 0 Å². The average Bonchev–Trinajstić information content (AvgIpc) is 2.34. The number of rotatable bonds is 7. The predicted molar refractivity (Wildman–Crippen MR) is 74.0 cm³/mol. The van der Waals surface area contributed by atoms with Gasteiger partial charge in [-0.25, -0.2) is 0 Å². The molecule has 0 heterocycles. The predicted octanol–water partition coefficient (Wildman–Crippen LogP) is 3.63. The summed E-state index contributed by atoms with van der Waals surface area (Å²) in [5.74, 6) is -0.803. The molecule has 100 valence electrons. The summed E-state index contributed by atoms with van der Waals surface area (Å²) in [6.07, 6.45) is 2.53. The highest BCUT2D eigenvalue weighted by Gasteiger charge is 2.20. The van der Waals surface area contributed by atoms with Crippen LogP contribution in [0.2, 0.25) is 5.02 Å². The van der Waals surface area contributed by atoms with Gasteiger partial charge in [0.15, 0.2) is 0 Å². The molecule has 3 nitrogen and oxygen atoms in total. The van der Waals surface area contributed by atoms with E-state index in [0.717, 1.165) is 18.4 Å². The van der Waals surface area contributed by atoms with Crippen LogP contribution in [0.3, 0.4) is 0 Å². The normalized spacial score (nSPS) is 14.2. The van der Waals surface area contributed by atoms with Crippen LogP contribution in [-0.4, -0.2) is 17.1 Å². The van der Waals surface area contributed by atoms with Gasteiger partial charge in [-0.2, -0.15) is 0 Å². The third-order valence-corrected chi connectivity index (χ3v) is 3.31. The highest BCUT2D eigenvalue weighted by molar-refractivity contribution is 6.31. The molecule has 1 rings (SSSR count). The number of hydrogen-bond acceptors (Lipinski definition) is 2. The van der Waals surface area contributed by atoms with E-state index in [1.54, 1.807) is 0 Å². The van der Waals surface area contributed by atoms with E-state index in [0.29, 0.717) is 11.4 Å². The lowest BCUT2D eigenvalue weighted by Crippen LogP contribution is -2.38. The zero-order valence-corrected chi connectivity index (χ0v) is 11.6. The molecule has 0 aliphatic carbocycles. The van der Waals surface area contributed by atoms with Crippen LogP contribution in [0.1, 0.15) is 44.7 Å². The quantitative estimate of drug-likeness (QED) is 0.795. The maximum absolute atomic E-state index is 11.2. The molecular formula is C14H20ClNO2.